The molecule has 0 fully saturated rings. The SMILES string of the molecule is C=CCCCC[C@@H](C)[C@H](NCl)C(=O)O. The molecule has 0 bridgehead atoms. The molecule has 0 saturated heterocycles. The van der Waals surface area contributed by atoms with E-state index >= 15 is 0 Å². The lowest BCUT2D eigenvalue weighted by atomic mass is 9.96. The van der Waals surface area contributed by atoms with Crippen molar-refractivity contribution >= 4 is 17.7 Å². The van der Waals surface area contributed by atoms with Gasteiger partial charge in [0.1, 0.15) is 6.04 Å². The Hall–Kier alpha value is -0.540. The lowest BCUT2D eigenvalue weighted by Crippen LogP contribution is -2.36. The molecule has 0 unspecified atom stereocenters. The predicted molar refractivity (Wildman–Crippen MR) is 58.2 cm³/mol. The number of rotatable bonds is 8. The summed E-state index contributed by atoms with van der Waals surface area (Å²) in [5, 5.41) is 8.78. The first-order valence-corrected chi connectivity index (χ1v) is 5.21. The second-order valence-corrected chi connectivity index (χ2v) is 3.69. The van der Waals surface area contributed by atoms with E-state index in [2.05, 4.69) is 11.4 Å². The maximum absolute atomic E-state index is 10.7. The highest BCUT2D eigenvalue weighted by Crippen LogP contribution is 2.14. The Morgan fingerprint density at radius 3 is 2.71 bits per heavy atom. The third-order valence-electron chi connectivity index (χ3n) is 2.27. The molecule has 0 rings (SSSR count). The molecule has 0 saturated carbocycles. The zero-order valence-corrected chi connectivity index (χ0v) is 9.26. The van der Waals surface area contributed by atoms with Gasteiger partial charge in [0.15, 0.2) is 0 Å². The van der Waals surface area contributed by atoms with Gasteiger partial charge >= 0.3 is 5.97 Å². The van der Waals surface area contributed by atoms with E-state index < -0.39 is 12.0 Å². The summed E-state index contributed by atoms with van der Waals surface area (Å²) in [6.45, 7) is 5.52. The summed E-state index contributed by atoms with van der Waals surface area (Å²) in [5.74, 6) is -0.842. The topological polar surface area (TPSA) is 49.3 Å². The van der Waals surface area contributed by atoms with Gasteiger partial charge in [0.25, 0.3) is 0 Å². The van der Waals surface area contributed by atoms with Gasteiger partial charge in [0.2, 0.25) is 0 Å². The number of halogens is 1. The Morgan fingerprint density at radius 2 is 2.29 bits per heavy atom. The molecular weight excluding hydrogens is 202 g/mol. The number of carboxylic acid groups (broad SMARTS) is 1. The average Bonchev–Trinajstić information content (AvgIpc) is 2.13. The van der Waals surface area contributed by atoms with Crippen LogP contribution in [0.15, 0.2) is 12.7 Å². The van der Waals surface area contributed by atoms with Crippen LogP contribution in [0.2, 0.25) is 0 Å². The van der Waals surface area contributed by atoms with Crippen LogP contribution in [0, 0.1) is 5.92 Å². The summed E-state index contributed by atoms with van der Waals surface area (Å²) < 4.78 is 0. The van der Waals surface area contributed by atoms with Gasteiger partial charge in [0, 0.05) is 0 Å². The van der Waals surface area contributed by atoms with Crippen LogP contribution < -0.4 is 4.84 Å². The van der Waals surface area contributed by atoms with Crippen LogP contribution in [0.4, 0.5) is 0 Å². The summed E-state index contributed by atoms with van der Waals surface area (Å²) in [7, 11) is 0. The molecule has 0 aliphatic rings. The Bertz CT molecular complexity index is 185. The van der Waals surface area contributed by atoms with E-state index in [0.29, 0.717) is 0 Å². The van der Waals surface area contributed by atoms with Gasteiger partial charge in [0.05, 0.1) is 0 Å². The first kappa shape index (κ1) is 13.5. The second kappa shape index (κ2) is 7.83. The lowest BCUT2D eigenvalue weighted by molar-refractivity contribution is -0.140. The molecule has 2 atom stereocenters. The number of hydrogen-bond donors (Lipinski definition) is 2. The van der Waals surface area contributed by atoms with Crippen LogP contribution in [-0.2, 0) is 4.79 Å². The molecule has 0 spiro atoms. The molecule has 0 amide bonds. The molecule has 4 heteroatoms. The Morgan fingerprint density at radius 1 is 1.64 bits per heavy atom. The van der Waals surface area contributed by atoms with Crippen molar-refractivity contribution < 1.29 is 9.90 Å². The third-order valence-corrected chi connectivity index (χ3v) is 2.51. The lowest BCUT2D eigenvalue weighted by Gasteiger charge is -2.17. The predicted octanol–water partition coefficient (Wildman–Crippen LogP) is 2.57. The molecule has 0 aliphatic carbocycles. The number of nitrogens with one attached hydrogen (secondary N) is 1. The van der Waals surface area contributed by atoms with Gasteiger partial charge in [-0.1, -0.05) is 19.4 Å². The van der Waals surface area contributed by atoms with Crippen molar-refractivity contribution in [2.24, 2.45) is 5.92 Å². The Labute approximate surface area is 90.3 Å². The van der Waals surface area contributed by atoms with Crippen molar-refractivity contribution in [1.29, 1.82) is 0 Å². The zero-order valence-electron chi connectivity index (χ0n) is 8.50. The van der Waals surface area contributed by atoms with Crippen LogP contribution in [0.1, 0.15) is 32.6 Å². The van der Waals surface area contributed by atoms with Crippen molar-refractivity contribution in [1.82, 2.24) is 4.84 Å². The maximum Gasteiger partial charge on any atom is 0.322 e. The van der Waals surface area contributed by atoms with E-state index in [0.717, 1.165) is 25.7 Å². The van der Waals surface area contributed by atoms with Crippen LogP contribution in [-0.4, -0.2) is 17.1 Å². The van der Waals surface area contributed by atoms with Crippen LogP contribution in [0.25, 0.3) is 0 Å². The monoisotopic (exact) mass is 219 g/mol. The normalized spacial score (nSPS) is 14.7. The largest absolute Gasteiger partial charge is 0.480 e. The summed E-state index contributed by atoms with van der Waals surface area (Å²) >= 11 is 5.35. The van der Waals surface area contributed by atoms with Gasteiger partial charge in [-0.15, -0.1) is 6.58 Å². The van der Waals surface area contributed by atoms with E-state index in [9.17, 15) is 4.79 Å². The van der Waals surface area contributed by atoms with Gasteiger partial charge < -0.3 is 5.11 Å². The standard InChI is InChI=1S/C10H18ClNO2/c1-3-4-5-6-7-8(2)9(12-11)10(13)14/h3,8-9,12H,1,4-7H2,2H3,(H,13,14)/t8-,9+/m1/s1. The third kappa shape index (κ3) is 5.25. The summed E-state index contributed by atoms with van der Waals surface area (Å²) in [6, 6.07) is -0.652. The number of unbranched alkanes of at least 4 members (excludes halogenated alkanes) is 2. The summed E-state index contributed by atoms with van der Waals surface area (Å²) in [5.41, 5.74) is 0. The van der Waals surface area contributed by atoms with E-state index in [-0.39, 0.29) is 5.92 Å². The highest BCUT2D eigenvalue weighted by molar-refractivity contribution is 6.14. The summed E-state index contributed by atoms with van der Waals surface area (Å²) in [4.78, 5) is 13.0. The van der Waals surface area contributed by atoms with Crippen LogP contribution >= 0.6 is 11.8 Å². The number of allylic oxidation sites excluding steroid dienone is 1. The Kier molecular flexibility index (Phi) is 7.52. The molecule has 0 radical (unpaired) electrons. The van der Waals surface area contributed by atoms with Crippen LogP contribution in [0.3, 0.4) is 0 Å². The van der Waals surface area contributed by atoms with E-state index in [1.54, 1.807) is 0 Å². The first-order chi connectivity index (χ1) is 6.63. The molecule has 82 valence electrons. The van der Waals surface area contributed by atoms with E-state index in [1.807, 2.05) is 13.0 Å². The molecule has 0 aliphatic heterocycles. The number of aliphatic carboxylic acids is 1. The van der Waals surface area contributed by atoms with Gasteiger partial charge in [-0.05, 0) is 37.0 Å². The van der Waals surface area contributed by atoms with Gasteiger partial charge in [-0.3, -0.25) is 4.79 Å². The van der Waals surface area contributed by atoms with Crippen LogP contribution in [0.5, 0.6) is 0 Å². The number of carbonyl (C=O) groups is 1. The van der Waals surface area contributed by atoms with Crippen molar-refractivity contribution in [3.05, 3.63) is 12.7 Å². The molecule has 3 nitrogen and oxygen atoms in total. The highest BCUT2D eigenvalue weighted by atomic mass is 35.5. The molecule has 0 aromatic carbocycles. The van der Waals surface area contributed by atoms with Crippen molar-refractivity contribution in [3.63, 3.8) is 0 Å². The molecule has 0 aromatic heterocycles. The smallest absolute Gasteiger partial charge is 0.322 e. The van der Waals surface area contributed by atoms with Crippen molar-refractivity contribution in [2.45, 2.75) is 38.6 Å². The number of carboxylic acids is 1. The van der Waals surface area contributed by atoms with Gasteiger partial charge in [-0.2, -0.15) is 0 Å². The fourth-order valence-corrected chi connectivity index (χ4v) is 1.63. The molecule has 0 heterocycles. The minimum Gasteiger partial charge on any atom is -0.480 e. The minimum atomic E-state index is -0.892. The molecule has 14 heavy (non-hydrogen) atoms. The molecule has 0 aromatic rings. The van der Waals surface area contributed by atoms with E-state index in [4.69, 9.17) is 16.9 Å². The van der Waals surface area contributed by atoms with Crippen molar-refractivity contribution in [2.75, 3.05) is 0 Å². The van der Waals surface area contributed by atoms with E-state index in [1.165, 1.54) is 0 Å². The quantitative estimate of drug-likeness (QED) is 0.375. The fraction of sp³-hybridized carbons (Fsp3) is 0.700. The van der Waals surface area contributed by atoms with Gasteiger partial charge in [-0.25, -0.2) is 4.84 Å². The second-order valence-electron chi connectivity index (χ2n) is 3.48. The maximum atomic E-state index is 10.7. The molecule has 2 N–H and O–H groups in total. The highest BCUT2D eigenvalue weighted by Gasteiger charge is 2.22. The first-order valence-electron chi connectivity index (χ1n) is 4.83. The number of hydrogen-bond acceptors (Lipinski definition) is 2. The average molecular weight is 220 g/mol. The molecular formula is C10H18ClNO2. The van der Waals surface area contributed by atoms with Crippen molar-refractivity contribution in [3.8, 4) is 0 Å². The Balaban J connectivity index is 3.74. The zero-order chi connectivity index (χ0) is 11.0. The fourth-order valence-electron chi connectivity index (χ4n) is 1.32. The minimum absolute atomic E-state index is 0.0508. The summed E-state index contributed by atoms with van der Waals surface area (Å²) in [6.07, 6.45) is 5.79.